The summed E-state index contributed by atoms with van der Waals surface area (Å²) < 4.78 is 10.8. The largest absolute Gasteiger partial charge is 0.457 e. The number of rotatable bonds is 7. The molecule has 0 fully saturated rings. The average Bonchev–Trinajstić information content (AvgIpc) is 2.68. The van der Waals surface area contributed by atoms with Crippen molar-refractivity contribution in [3.8, 4) is 11.5 Å². The van der Waals surface area contributed by atoms with Crippen LogP contribution in [0.25, 0.3) is 0 Å². The number of carbonyl (C=O) groups excluding carboxylic acids is 2. The number of amides is 1. The zero-order valence-corrected chi connectivity index (χ0v) is 14.6. The highest BCUT2D eigenvalue weighted by molar-refractivity contribution is 5.93. The molecule has 5 nitrogen and oxygen atoms in total. The van der Waals surface area contributed by atoms with Crippen molar-refractivity contribution in [2.75, 3.05) is 11.9 Å². The fourth-order valence-corrected chi connectivity index (χ4v) is 2.42. The van der Waals surface area contributed by atoms with Gasteiger partial charge in [0.05, 0.1) is 6.42 Å². The number of carbonyl (C=O) groups is 2. The predicted molar refractivity (Wildman–Crippen MR) is 103 cm³/mol. The summed E-state index contributed by atoms with van der Waals surface area (Å²) in [6.45, 7) is -0.338. The molecule has 0 radical (unpaired) electrons. The van der Waals surface area contributed by atoms with Gasteiger partial charge in [-0.25, -0.2) is 0 Å². The number of anilines is 1. The zero-order valence-electron chi connectivity index (χ0n) is 14.6. The van der Waals surface area contributed by atoms with Gasteiger partial charge in [-0.15, -0.1) is 0 Å². The Morgan fingerprint density at radius 2 is 1.44 bits per heavy atom. The Hall–Kier alpha value is -3.60. The standard InChI is InChI=1S/C22H19NO4/c24-21(16-26-22(25)14-17-8-3-1-4-9-17)23-18-10-7-13-20(15-18)27-19-11-5-2-6-12-19/h1-13,15H,14,16H2,(H,23,24). The van der Waals surface area contributed by atoms with E-state index in [1.54, 1.807) is 24.3 Å². The lowest BCUT2D eigenvalue weighted by molar-refractivity contribution is -0.146. The summed E-state index contributed by atoms with van der Waals surface area (Å²) in [4.78, 5) is 23.8. The van der Waals surface area contributed by atoms with Crippen LogP contribution in [0.3, 0.4) is 0 Å². The number of hydrogen-bond donors (Lipinski definition) is 1. The second kappa shape index (κ2) is 9.20. The summed E-state index contributed by atoms with van der Waals surface area (Å²) in [5.74, 6) is 0.446. The average molecular weight is 361 g/mol. The van der Waals surface area contributed by atoms with Gasteiger partial charge < -0.3 is 14.8 Å². The molecule has 0 aromatic heterocycles. The number of para-hydroxylation sites is 1. The molecule has 3 rings (SSSR count). The quantitative estimate of drug-likeness (QED) is 0.641. The monoisotopic (exact) mass is 361 g/mol. The Kier molecular flexibility index (Phi) is 6.20. The first-order valence-electron chi connectivity index (χ1n) is 8.51. The minimum atomic E-state index is -0.447. The van der Waals surface area contributed by atoms with Crippen molar-refractivity contribution in [3.63, 3.8) is 0 Å². The van der Waals surface area contributed by atoms with E-state index in [-0.39, 0.29) is 13.0 Å². The Bertz CT molecular complexity index is 894. The van der Waals surface area contributed by atoms with Gasteiger partial charge in [0.25, 0.3) is 5.91 Å². The van der Waals surface area contributed by atoms with Crippen molar-refractivity contribution < 1.29 is 19.1 Å². The SMILES string of the molecule is O=C(COC(=O)Cc1ccccc1)Nc1cccc(Oc2ccccc2)c1. The second-order valence-electron chi connectivity index (χ2n) is 5.81. The topological polar surface area (TPSA) is 64.6 Å². The molecule has 0 unspecified atom stereocenters. The minimum Gasteiger partial charge on any atom is -0.457 e. The van der Waals surface area contributed by atoms with Gasteiger partial charge in [0, 0.05) is 11.8 Å². The highest BCUT2D eigenvalue weighted by Crippen LogP contribution is 2.23. The molecule has 136 valence electrons. The lowest BCUT2D eigenvalue weighted by atomic mass is 10.2. The van der Waals surface area contributed by atoms with Crippen LogP contribution >= 0.6 is 0 Å². The lowest BCUT2D eigenvalue weighted by Crippen LogP contribution is -2.21. The molecule has 3 aromatic rings. The molecule has 0 aliphatic heterocycles. The van der Waals surface area contributed by atoms with Crippen LogP contribution in [0.1, 0.15) is 5.56 Å². The molecule has 1 amide bonds. The van der Waals surface area contributed by atoms with Crippen molar-refractivity contribution in [2.24, 2.45) is 0 Å². The number of hydrogen-bond acceptors (Lipinski definition) is 4. The summed E-state index contributed by atoms with van der Waals surface area (Å²) in [5, 5.41) is 2.69. The molecule has 0 atom stereocenters. The molecule has 5 heteroatoms. The molecule has 0 aliphatic rings. The third-order valence-corrected chi connectivity index (χ3v) is 3.65. The van der Waals surface area contributed by atoms with E-state index in [9.17, 15) is 9.59 Å². The van der Waals surface area contributed by atoms with Gasteiger partial charge in [-0.2, -0.15) is 0 Å². The smallest absolute Gasteiger partial charge is 0.310 e. The van der Waals surface area contributed by atoms with Crippen molar-refractivity contribution in [1.82, 2.24) is 0 Å². The van der Waals surface area contributed by atoms with Gasteiger partial charge >= 0.3 is 5.97 Å². The van der Waals surface area contributed by atoms with Crippen molar-refractivity contribution in [1.29, 1.82) is 0 Å². The molecule has 1 N–H and O–H groups in total. The molecular formula is C22H19NO4. The molecule has 27 heavy (non-hydrogen) atoms. The van der Waals surface area contributed by atoms with Crippen LogP contribution in [0.15, 0.2) is 84.9 Å². The third-order valence-electron chi connectivity index (χ3n) is 3.65. The van der Waals surface area contributed by atoms with Crippen LogP contribution < -0.4 is 10.1 Å². The van der Waals surface area contributed by atoms with Crippen LogP contribution in [-0.2, 0) is 20.7 Å². The molecule has 0 saturated heterocycles. The maximum absolute atomic E-state index is 12.0. The van der Waals surface area contributed by atoms with E-state index >= 15 is 0 Å². The summed E-state index contributed by atoms with van der Waals surface area (Å²) >= 11 is 0. The van der Waals surface area contributed by atoms with Crippen molar-refractivity contribution in [2.45, 2.75) is 6.42 Å². The molecule has 0 aliphatic carbocycles. The zero-order chi connectivity index (χ0) is 18.9. The van der Waals surface area contributed by atoms with Crippen molar-refractivity contribution in [3.05, 3.63) is 90.5 Å². The second-order valence-corrected chi connectivity index (χ2v) is 5.81. The highest BCUT2D eigenvalue weighted by Gasteiger charge is 2.09. The van der Waals surface area contributed by atoms with E-state index in [1.165, 1.54) is 0 Å². The Morgan fingerprint density at radius 3 is 2.19 bits per heavy atom. The highest BCUT2D eigenvalue weighted by atomic mass is 16.5. The van der Waals surface area contributed by atoms with Gasteiger partial charge in [0.2, 0.25) is 0 Å². The van der Waals surface area contributed by atoms with Crippen LogP contribution in [0, 0.1) is 0 Å². The molecule has 0 heterocycles. The molecule has 0 spiro atoms. The van der Waals surface area contributed by atoms with Gasteiger partial charge in [0.15, 0.2) is 6.61 Å². The summed E-state index contributed by atoms with van der Waals surface area (Å²) in [5.41, 5.74) is 1.40. The maximum Gasteiger partial charge on any atom is 0.310 e. The minimum absolute atomic E-state index is 0.133. The number of ether oxygens (including phenoxy) is 2. The lowest BCUT2D eigenvalue weighted by Gasteiger charge is -2.09. The Morgan fingerprint density at radius 1 is 0.778 bits per heavy atom. The summed E-state index contributed by atoms with van der Waals surface area (Å²) in [6.07, 6.45) is 0.133. The number of benzene rings is 3. The van der Waals surface area contributed by atoms with E-state index in [0.29, 0.717) is 17.2 Å². The van der Waals surface area contributed by atoms with E-state index in [0.717, 1.165) is 5.56 Å². The molecule has 0 bridgehead atoms. The number of esters is 1. The van der Waals surface area contributed by atoms with E-state index in [4.69, 9.17) is 9.47 Å². The molecule has 3 aromatic carbocycles. The van der Waals surface area contributed by atoms with Crippen LogP contribution in [-0.4, -0.2) is 18.5 Å². The first kappa shape index (κ1) is 18.2. The summed E-state index contributed by atoms with van der Waals surface area (Å²) in [7, 11) is 0. The first-order chi connectivity index (χ1) is 13.2. The van der Waals surface area contributed by atoms with Gasteiger partial charge in [0.1, 0.15) is 11.5 Å². The summed E-state index contributed by atoms with van der Waals surface area (Å²) in [6, 6.07) is 25.6. The fourth-order valence-electron chi connectivity index (χ4n) is 2.42. The van der Waals surface area contributed by atoms with Crippen LogP contribution in [0.4, 0.5) is 5.69 Å². The normalized spacial score (nSPS) is 10.1. The van der Waals surface area contributed by atoms with E-state index in [2.05, 4.69) is 5.32 Å². The Labute approximate surface area is 157 Å². The van der Waals surface area contributed by atoms with Gasteiger partial charge in [-0.1, -0.05) is 54.6 Å². The fraction of sp³-hybridized carbons (Fsp3) is 0.0909. The van der Waals surface area contributed by atoms with E-state index in [1.807, 2.05) is 60.7 Å². The van der Waals surface area contributed by atoms with Crippen LogP contribution in [0.5, 0.6) is 11.5 Å². The first-order valence-corrected chi connectivity index (χ1v) is 8.51. The van der Waals surface area contributed by atoms with Gasteiger partial charge in [-0.05, 0) is 29.8 Å². The molecular weight excluding hydrogens is 342 g/mol. The van der Waals surface area contributed by atoms with Gasteiger partial charge in [-0.3, -0.25) is 9.59 Å². The van der Waals surface area contributed by atoms with Crippen LogP contribution in [0.2, 0.25) is 0 Å². The third kappa shape index (κ3) is 6.01. The maximum atomic E-state index is 12.0. The predicted octanol–water partition coefficient (Wildman–Crippen LogP) is 4.20. The Balaban J connectivity index is 1.49. The van der Waals surface area contributed by atoms with Crippen molar-refractivity contribution >= 4 is 17.6 Å². The number of nitrogens with one attached hydrogen (secondary N) is 1. The van der Waals surface area contributed by atoms with E-state index < -0.39 is 11.9 Å². The molecule has 0 saturated carbocycles.